The van der Waals surface area contributed by atoms with Crippen LogP contribution in [0.2, 0.25) is 0 Å². The van der Waals surface area contributed by atoms with Crippen molar-refractivity contribution in [3.05, 3.63) is 132 Å². The van der Waals surface area contributed by atoms with Gasteiger partial charge in [-0.15, -0.1) is 0 Å². The Morgan fingerprint density at radius 1 is 0.559 bits per heavy atom. The van der Waals surface area contributed by atoms with Gasteiger partial charge in [0.1, 0.15) is 11.4 Å². The van der Waals surface area contributed by atoms with E-state index in [1.54, 1.807) is 60.9 Å². The molecule has 162 valence electrons. The maximum absolute atomic E-state index is 12.5. The van der Waals surface area contributed by atoms with Crippen LogP contribution in [0.4, 0.5) is 0 Å². The Morgan fingerprint density at radius 2 is 1.06 bits per heavy atom. The zero-order valence-corrected chi connectivity index (χ0v) is 18.3. The zero-order valence-electron chi connectivity index (χ0n) is 18.3. The third kappa shape index (κ3) is 4.43. The molecule has 5 rings (SSSR count). The highest BCUT2D eigenvalue weighted by Gasteiger charge is 2.07. The van der Waals surface area contributed by atoms with Gasteiger partial charge in [0, 0.05) is 12.4 Å². The number of aromatic nitrogens is 2. The minimum absolute atomic E-state index is 0.143. The van der Waals surface area contributed by atoms with Crippen molar-refractivity contribution in [1.29, 1.82) is 0 Å². The largest absolute Gasteiger partial charge is 0.288 e. The van der Waals surface area contributed by atoms with E-state index in [9.17, 15) is 9.59 Å². The first kappa shape index (κ1) is 21.2. The second kappa shape index (κ2) is 9.43. The molecular weight excluding hydrogens is 420 g/mol. The fraction of sp³-hybridized carbons (Fsp3) is 0. The molecule has 0 saturated heterocycles. The van der Waals surface area contributed by atoms with Crippen LogP contribution in [0, 0.1) is 0 Å². The van der Waals surface area contributed by atoms with Crippen molar-refractivity contribution in [3.8, 4) is 0 Å². The van der Waals surface area contributed by atoms with Crippen molar-refractivity contribution in [2.45, 2.75) is 0 Å². The Morgan fingerprint density at radius 3 is 1.50 bits per heavy atom. The van der Waals surface area contributed by atoms with Crippen molar-refractivity contribution in [2.75, 3.05) is 0 Å². The molecule has 34 heavy (non-hydrogen) atoms. The number of nitrogens with zero attached hydrogens (tertiary/aromatic N) is 2. The van der Waals surface area contributed by atoms with Gasteiger partial charge in [-0.3, -0.25) is 19.6 Å². The molecule has 0 aliphatic rings. The van der Waals surface area contributed by atoms with Gasteiger partial charge < -0.3 is 0 Å². The van der Waals surface area contributed by atoms with Crippen LogP contribution in [0.15, 0.2) is 109 Å². The summed E-state index contributed by atoms with van der Waals surface area (Å²) in [5, 5.41) is 4.20. The first-order valence-electron chi connectivity index (χ1n) is 10.9. The van der Waals surface area contributed by atoms with Gasteiger partial charge in [-0.2, -0.15) is 0 Å². The van der Waals surface area contributed by atoms with E-state index in [0.29, 0.717) is 11.4 Å². The summed E-state index contributed by atoms with van der Waals surface area (Å²) in [5.41, 5.74) is 2.70. The molecule has 0 bridgehead atoms. The molecule has 0 amide bonds. The number of pyridine rings is 2. The van der Waals surface area contributed by atoms with Crippen LogP contribution in [0.1, 0.15) is 32.1 Å². The van der Waals surface area contributed by atoms with Gasteiger partial charge in [0.05, 0.1) is 0 Å². The lowest BCUT2D eigenvalue weighted by molar-refractivity contribution is 0.103. The van der Waals surface area contributed by atoms with Crippen LogP contribution in [-0.4, -0.2) is 21.5 Å². The second-order valence-electron chi connectivity index (χ2n) is 7.81. The quantitative estimate of drug-likeness (QED) is 0.170. The van der Waals surface area contributed by atoms with Crippen LogP contribution in [0.25, 0.3) is 33.7 Å². The second-order valence-corrected chi connectivity index (χ2v) is 7.81. The Labute approximate surface area is 196 Å². The van der Waals surface area contributed by atoms with Gasteiger partial charge in [0.2, 0.25) is 11.6 Å². The van der Waals surface area contributed by atoms with Crippen LogP contribution in [-0.2, 0) is 0 Å². The summed E-state index contributed by atoms with van der Waals surface area (Å²) in [6.45, 7) is 0. The van der Waals surface area contributed by atoms with Gasteiger partial charge in [-0.05, 0) is 81.2 Å². The Balaban J connectivity index is 1.53. The van der Waals surface area contributed by atoms with Gasteiger partial charge in [0.15, 0.2) is 0 Å². The van der Waals surface area contributed by atoms with Crippen molar-refractivity contribution >= 4 is 45.3 Å². The molecule has 0 aliphatic carbocycles. The SMILES string of the molecule is O=C(C=Cc1cccc2cc3cccc(C=CC(=O)c4ccccn4)c3cc12)c1ccccn1. The predicted molar refractivity (Wildman–Crippen MR) is 137 cm³/mol. The molecule has 4 heteroatoms. The van der Waals surface area contributed by atoms with Crippen molar-refractivity contribution < 1.29 is 9.59 Å². The summed E-state index contributed by atoms with van der Waals surface area (Å²) in [4.78, 5) is 33.2. The summed E-state index contributed by atoms with van der Waals surface area (Å²) in [5.74, 6) is -0.287. The van der Waals surface area contributed by atoms with E-state index in [1.165, 1.54) is 0 Å². The van der Waals surface area contributed by atoms with Crippen LogP contribution in [0.5, 0.6) is 0 Å². The number of carbonyl (C=O) groups excluding carboxylic acids is 2. The van der Waals surface area contributed by atoms with E-state index in [2.05, 4.69) is 34.2 Å². The average molecular weight is 441 g/mol. The molecule has 0 aliphatic heterocycles. The van der Waals surface area contributed by atoms with E-state index >= 15 is 0 Å². The highest BCUT2D eigenvalue weighted by atomic mass is 16.1. The molecule has 5 aromatic rings. The van der Waals surface area contributed by atoms with Gasteiger partial charge in [-0.25, -0.2) is 0 Å². The number of allylic oxidation sites excluding steroid dienone is 2. The van der Waals surface area contributed by atoms with Crippen LogP contribution < -0.4 is 0 Å². The number of benzene rings is 3. The lowest BCUT2D eigenvalue weighted by Gasteiger charge is -2.08. The average Bonchev–Trinajstić information content (AvgIpc) is 2.90. The summed E-state index contributed by atoms with van der Waals surface area (Å²) in [6.07, 6.45) is 9.98. The molecule has 2 heterocycles. The lowest BCUT2D eigenvalue weighted by Crippen LogP contribution is -1.96. The summed E-state index contributed by atoms with van der Waals surface area (Å²) >= 11 is 0. The molecule has 0 N–H and O–H groups in total. The minimum atomic E-state index is -0.143. The van der Waals surface area contributed by atoms with E-state index < -0.39 is 0 Å². The Hall–Kier alpha value is -4.70. The third-order valence-corrected chi connectivity index (χ3v) is 5.61. The molecular formula is C30H20N2O2. The number of rotatable bonds is 6. The topological polar surface area (TPSA) is 59.9 Å². The lowest BCUT2D eigenvalue weighted by atomic mass is 9.96. The van der Waals surface area contributed by atoms with Crippen LogP contribution >= 0.6 is 0 Å². The predicted octanol–water partition coefficient (Wildman–Crippen LogP) is 6.58. The number of carbonyl (C=O) groups is 2. The smallest absolute Gasteiger partial charge is 0.204 e. The first-order valence-corrected chi connectivity index (χ1v) is 10.9. The van der Waals surface area contributed by atoms with E-state index in [1.807, 2.05) is 36.4 Å². The molecule has 3 aromatic carbocycles. The first-order chi connectivity index (χ1) is 16.7. The summed E-state index contributed by atoms with van der Waals surface area (Å²) in [6, 6.07) is 26.8. The standard InChI is InChI=1S/C30H20N2O2/c33-29(27-11-1-3-17-31-27)15-13-21-7-5-9-23-19-24-10-6-8-22(26(24)20-25(21)23)14-16-30(34)28-12-2-4-18-32-28/h1-20H. The van der Waals surface area contributed by atoms with Gasteiger partial charge in [-0.1, -0.05) is 60.7 Å². The van der Waals surface area contributed by atoms with Crippen molar-refractivity contribution in [1.82, 2.24) is 9.97 Å². The van der Waals surface area contributed by atoms with E-state index in [0.717, 1.165) is 32.7 Å². The fourth-order valence-corrected chi connectivity index (χ4v) is 3.91. The van der Waals surface area contributed by atoms with Gasteiger partial charge >= 0.3 is 0 Å². The Kier molecular flexibility index (Phi) is 5.87. The van der Waals surface area contributed by atoms with Crippen molar-refractivity contribution in [2.24, 2.45) is 0 Å². The molecule has 0 saturated carbocycles. The van der Waals surface area contributed by atoms with E-state index in [-0.39, 0.29) is 11.6 Å². The monoisotopic (exact) mass is 440 g/mol. The molecule has 4 nitrogen and oxygen atoms in total. The number of fused-ring (bicyclic) bond motifs is 2. The number of hydrogen-bond donors (Lipinski definition) is 0. The summed E-state index contributed by atoms with van der Waals surface area (Å²) < 4.78 is 0. The minimum Gasteiger partial charge on any atom is -0.288 e. The van der Waals surface area contributed by atoms with E-state index in [4.69, 9.17) is 0 Å². The fourth-order valence-electron chi connectivity index (χ4n) is 3.91. The van der Waals surface area contributed by atoms with Crippen molar-refractivity contribution in [3.63, 3.8) is 0 Å². The van der Waals surface area contributed by atoms with Gasteiger partial charge in [0.25, 0.3) is 0 Å². The maximum Gasteiger partial charge on any atom is 0.204 e. The molecule has 0 radical (unpaired) electrons. The molecule has 0 unspecified atom stereocenters. The Bertz CT molecular complexity index is 1450. The summed E-state index contributed by atoms with van der Waals surface area (Å²) in [7, 11) is 0. The highest BCUT2D eigenvalue weighted by Crippen LogP contribution is 2.29. The molecule has 0 fully saturated rings. The zero-order chi connectivity index (χ0) is 23.3. The maximum atomic E-state index is 12.5. The molecule has 0 atom stereocenters. The normalized spacial score (nSPS) is 11.5. The number of ketones is 2. The molecule has 2 aromatic heterocycles. The highest BCUT2D eigenvalue weighted by molar-refractivity contribution is 6.10. The number of hydrogen-bond acceptors (Lipinski definition) is 4. The molecule has 0 spiro atoms. The van der Waals surface area contributed by atoms with Crippen LogP contribution in [0.3, 0.4) is 0 Å². The third-order valence-electron chi connectivity index (χ3n) is 5.61.